The first-order valence-corrected chi connectivity index (χ1v) is 10.0. The number of hydrogen-bond donors (Lipinski definition) is 1. The van der Waals surface area contributed by atoms with Crippen molar-refractivity contribution in [3.05, 3.63) is 59.7 Å². The second-order valence-electron chi connectivity index (χ2n) is 7.67. The highest BCUT2D eigenvalue weighted by Gasteiger charge is 2.25. The Bertz CT molecular complexity index is 855. The zero-order valence-corrected chi connectivity index (χ0v) is 15.9. The predicted molar refractivity (Wildman–Crippen MR) is 108 cm³/mol. The first-order valence-electron chi connectivity index (χ1n) is 10.0. The molecule has 1 aromatic heterocycles. The molecule has 1 aromatic carbocycles. The Labute approximate surface area is 164 Å². The number of pyridine rings is 1. The molecule has 0 saturated heterocycles. The minimum absolute atomic E-state index is 0.0101. The summed E-state index contributed by atoms with van der Waals surface area (Å²) >= 11 is 0. The molecule has 4 rings (SSSR count). The van der Waals surface area contributed by atoms with Crippen LogP contribution in [0, 0.1) is 11.7 Å². The molecule has 0 radical (unpaired) electrons. The summed E-state index contributed by atoms with van der Waals surface area (Å²) < 4.78 is 19.2. The molecular weight excluding hydrogens is 355 g/mol. The normalized spacial score (nSPS) is 21.0. The van der Waals surface area contributed by atoms with Crippen LogP contribution in [0.3, 0.4) is 0 Å². The summed E-state index contributed by atoms with van der Waals surface area (Å²) in [5.41, 5.74) is 3.06. The molecule has 0 bridgehead atoms. The van der Waals surface area contributed by atoms with Crippen molar-refractivity contribution >= 4 is 17.7 Å². The van der Waals surface area contributed by atoms with Gasteiger partial charge >= 0.3 is 0 Å². The third-order valence-electron chi connectivity index (χ3n) is 5.60. The summed E-state index contributed by atoms with van der Waals surface area (Å²) in [6, 6.07) is 5.87. The van der Waals surface area contributed by atoms with Gasteiger partial charge in [-0.2, -0.15) is 0 Å². The van der Waals surface area contributed by atoms with Gasteiger partial charge in [0.1, 0.15) is 11.6 Å². The van der Waals surface area contributed by atoms with Gasteiger partial charge in [0.25, 0.3) is 0 Å². The fourth-order valence-corrected chi connectivity index (χ4v) is 4.07. The van der Waals surface area contributed by atoms with Crippen LogP contribution < -0.4 is 10.1 Å². The number of fused-ring (bicyclic) bond motifs is 1. The summed E-state index contributed by atoms with van der Waals surface area (Å²) in [5, 5.41) is 2.85. The van der Waals surface area contributed by atoms with E-state index in [1.54, 1.807) is 12.1 Å². The van der Waals surface area contributed by atoms with Crippen LogP contribution in [-0.2, 0) is 11.2 Å². The number of rotatable bonds is 5. The number of halogens is 1. The van der Waals surface area contributed by atoms with Crippen molar-refractivity contribution in [3.8, 4) is 5.75 Å². The van der Waals surface area contributed by atoms with E-state index in [4.69, 9.17) is 4.74 Å². The van der Waals surface area contributed by atoms with E-state index >= 15 is 0 Å². The van der Waals surface area contributed by atoms with Gasteiger partial charge in [0.15, 0.2) is 0 Å². The van der Waals surface area contributed by atoms with Crippen molar-refractivity contribution in [2.45, 2.75) is 51.0 Å². The van der Waals surface area contributed by atoms with Crippen molar-refractivity contribution in [1.82, 2.24) is 4.98 Å². The van der Waals surface area contributed by atoms with Gasteiger partial charge in [-0.15, -0.1) is 0 Å². The lowest BCUT2D eigenvalue weighted by Gasteiger charge is -2.29. The molecule has 1 N–H and O–H groups in total. The molecule has 0 aliphatic heterocycles. The van der Waals surface area contributed by atoms with Gasteiger partial charge in [0, 0.05) is 23.9 Å². The fraction of sp³-hybridized carbons (Fsp3) is 0.391. The molecule has 0 spiro atoms. The van der Waals surface area contributed by atoms with Gasteiger partial charge in [-0.25, -0.2) is 4.39 Å². The van der Waals surface area contributed by atoms with Crippen LogP contribution in [0.2, 0.25) is 0 Å². The summed E-state index contributed by atoms with van der Waals surface area (Å²) in [4.78, 5) is 16.6. The van der Waals surface area contributed by atoms with Crippen molar-refractivity contribution in [2.24, 2.45) is 5.92 Å². The number of nitrogens with one attached hydrogen (secondary N) is 1. The van der Waals surface area contributed by atoms with E-state index < -0.39 is 0 Å². The lowest BCUT2D eigenvalue weighted by molar-refractivity contribution is -0.117. The molecule has 2 aliphatic rings. The Kier molecular flexibility index (Phi) is 5.70. The van der Waals surface area contributed by atoms with E-state index in [-0.39, 0.29) is 17.8 Å². The van der Waals surface area contributed by atoms with Crippen molar-refractivity contribution in [3.63, 3.8) is 0 Å². The van der Waals surface area contributed by atoms with Gasteiger partial charge in [-0.1, -0.05) is 12.2 Å². The van der Waals surface area contributed by atoms with Crippen LogP contribution in [0.15, 0.2) is 42.7 Å². The molecule has 1 amide bonds. The lowest BCUT2D eigenvalue weighted by atomic mass is 9.85. The maximum absolute atomic E-state index is 13.0. The highest BCUT2D eigenvalue weighted by atomic mass is 19.1. The van der Waals surface area contributed by atoms with Gasteiger partial charge in [-0.3, -0.25) is 9.78 Å². The molecular formula is C23H25FN2O2. The highest BCUT2D eigenvalue weighted by Crippen LogP contribution is 2.33. The van der Waals surface area contributed by atoms with E-state index in [0.717, 1.165) is 49.8 Å². The Morgan fingerprint density at radius 1 is 1.14 bits per heavy atom. The van der Waals surface area contributed by atoms with Crippen LogP contribution in [0.4, 0.5) is 10.1 Å². The minimum Gasteiger partial charge on any atom is -0.489 e. The number of nitrogens with zero attached hydrogens (tertiary/aromatic N) is 1. The Balaban J connectivity index is 1.26. The monoisotopic (exact) mass is 380 g/mol. The average molecular weight is 380 g/mol. The molecule has 28 heavy (non-hydrogen) atoms. The van der Waals surface area contributed by atoms with Crippen LogP contribution >= 0.6 is 0 Å². The van der Waals surface area contributed by atoms with Gasteiger partial charge in [-0.05, 0) is 74.3 Å². The average Bonchev–Trinajstić information content (AvgIpc) is 2.71. The number of amides is 1. The van der Waals surface area contributed by atoms with Gasteiger partial charge in [0.05, 0.1) is 12.3 Å². The standard InChI is InChI=1S/C23H25FN2O2/c24-18-7-9-19(10-8-18)26-23(27)13-16-5-11-20(12-6-16)28-22-15-25-14-17-3-1-2-4-21(17)22/h1,3,7-10,14-16,20H,2,4-6,11-13H2,(H,26,27). The number of anilines is 1. The van der Waals surface area contributed by atoms with Crippen molar-refractivity contribution in [1.29, 1.82) is 0 Å². The molecule has 1 heterocycles. The molecule has 146 valence electrons. The number of carbonyl (C=O) groups is 1. The SMILES string of the molecule is O=C(CC1CCC(Oc2cncc3c2CCC=C3)CC1)Nc1ccc(F)cc1. The van der Waals surface area contributed by atoms with Gasteiger partial charge < -0.3 is 10.1 Å². The van der Waals surface area contributed by atoms with Crippen LogP contribution in [-0.4, -0.2) is 17.0 Å². The minimum atomic E-state index is -0.303. The van der Waals surface area contributed by atoms with Crippen molar-refractivity contribution < 1.29 is 13.9 Å². The Morgan fingerprint density at radius 3 is 2.71 bits per heavy atom. The lowest BCUT2D eigenvalue weighted by Crippen LogP contribution is -2.27. The summed E-state index contributed by atoms with van der Waals surface area (Å²) in [6.45, 7) is 0. The zero-order chi connectivity index (χ0) is 19.3. The second-order valence-corrected chi connectivity index (χ2v) is 7.67. The number of benzene rings is 1. The molecule has 5 heteroatoms. The molecule has 1 saturated carbocycles. The smallest absolute Gasteiger partial charge is 0.224 e. The van der Waals surface area contributed by atoms with E-state index in [9.17, 15) is 9.18 Å². The van der Waals surface area contributed by atoms with Crippen molar-refractivity contribution in [2.75, 3.05) is 5.32 Å². The topological polar surface area (TPSA) is 51.2 Å². The summed E-state index contributed by atoms with van der Waals surface area (Å²) in [7, 11) is 0. The first-order chi connectivity index (χ1) is 13.7. The molecule has 0 unspecified atom stereocenters. The highest BCUT2D eigenvalue weighted by molar-refractivity contribution is 5.90. The van der Waals surface area contributed by atoms with Crippen LogP contribution in [0.1, 0.15) is 49.7 Å². The number of aromatic nitrogens is 1. The first kappa shape index (κ1) is 18.7. The number of allylic oxidation sites excluding steroid dienone is 1. The second kappa shape index (κ2) is 8.55. The van der Waals surface area contributed by atoms with Crippen LogP contribution in [0.25, 0.3) is 6.08 Å². The molecule has 2 aromatic rings. The van der Waals surface area contributed by atoms with E-state index in [1.807, 2.05) is 12.4 Å². The molecule has 1 fully saturated rings. The third-order valence-corrected chi connectivity index (χ3v) is 5.60. The fourth-order valence-electron chi connectivity index (χ4n) is 4.07. The van der Waals surface area contributed by atoms with Gasteiger partial charge in [0.2, 0.25) is 5.91 Å². The number of ether oxygens (including phenoxy) is 1. The Morgan fingerprint density at radius 2 is 1.93 bits per heavy atom. The largest absolute Gasteiger partial charge is 0.489 e. The molecule has 2 aliphatic carbocycles. The number of hydrogen-bond acceptors (Lipinski definition) is 3. The number of carbonyl (C=O) groups excluding carboxylic acids is 1. The van der Waals surface area contributed by atoms with E-state index in [2.05, 4.69) is 22.5 Å². The Hall–Kier alpha value is -2.69. The third kappa shape index (κ3) is 4.58. The zero-order valence-electron chi connectivity index (χ0n) is 15.9. The predicted octanol–water partition coefficient (Wildman–Crippen LogP) is 5.15. The summed E-state index contributed by atoms with van der Waals surface area (Å²) in [5.74, 6) is 0.969. The maximum Gasteiger partial charge on any atom is 0.224 e. The summed E-state index contributed by atoms with van der Waals surface area (Å²) in [6.07, 6.45) is 14.6. The molecule has 4 nitrogen and oxygen atoms in total. The maximum atomic E-state index is 13.0. The van der Waals surface area contributed by atoms with Crippen LogP contribution in [0.5, 0.6) is 5.75 Å². The van der Waals surface area contributed by atoms with E-state index in [1.165, 1.54) is 17.7 Å². The quantitative estimate of drug-likeness (QED) is 0.781. The van der Waals surface area contributed by atoms with E-state index in [0.29, 0.717) is 18.0 Å². The molecule has 0 atom stereocenters.